The molecule has 3 rings (SSSR count). The normalized spacial score (nSPS) is 23.7. The zero-order chi connectivity index (χ0) is 25.6. The van der Waals surface area contributed by atoms with E-state index in [1.54, 1.807) is 27.9 Å². The van der Waals surface area contributed by atoms with Gasteiger partial charge in [0, 0.05) is 24.7 Å². The largest absolute Gasteiger partial charge is 0.514 e. The van der Waals surface area contributed by atoms with Crippen LogP contribution in [0.25, 0.3) is 0 Å². The molecule has 35 heavy (non-hydrogen) atoms. The summed E-state index contributed by atoms with van der Waals surface area (Å²) in [6.07, 6.45) is 3.72. The van der Waals surface area contributed by atoms with Crippen molar-refractivity contribution in [3.63, 3.8) is 0 Å². The molecule has 0 aromatic heterocycles. The summed E-state index contributed by atoms with van der Waals surface area (Å²) in [5, 5.41) is 14.1. The van der Waals surface area contributed by atoms with E-state index in [-0.39, 0.29) is 29.9 Å². The van der Waals surface area contributed by atoms with E-state index in [0.717, 1.165) is 12.2 Å². The highest BCUT2D eigenvalue weighted by Gasteiger charge is 2.43. The molecule has 11 heteroatoms. The van der Waals surface area contributed by atoms with Gasteiger partial charge in [0.1, 0.15) is 17.1 Å². The number of non-ortho nitro benzene ring substituents is 1. The summed E-state index contributed by atoms with van der Waals surface area (Å²) in [7, 11) is 1.61. The van der Waals surface area contributed by atoms with Crippen LogP contribution in [-0.2, 0) is 18.9 Å². The number of methoxy groups -OCH3 is 1. The van der Waals surface area contributed by atoms with Gasteiger partial charge in [0.05, 0.1) is 12.0 Å². The van der Waals surface area contributed by atoms with Crippen LogP contribution < -0.4 is 10.1 Å². The van der Waals surface area contributed by atoms with Crippen LogP contribution in [0.4, 0.5) is 15.3 Å². The smallest absolute Gasteiger partial charge is 0.497 e. The van der Waals surface area contributed by atoms with Gasteiger partial charge in [0.15, 0.2) is 12.2 Å². The van der Waals surface area contributed by atoms with Crippen LogP contribution in [-0.4, -0.2) is 54.7 Å². The molecule has 1 unspecified atom stereocenters. The molecule has 1 fully saturated rings. The number of nitrogens with one attached hydrogen (secondary N) is 1. The summed E-state index contributed by atoms with van der Waals surface area (Å²) >= 11 is 0. The lowest BCUT2D eigenvalue weighted by atomic mass is 9.91. The molecule has 1 aliphatic heterocycles. The number of rotatable bonds is 7. The lowest BCUT2D eigenvalue weighted by molar-refractivity contribution is -0.384. The van der Waals surface area contributed by atoms with E-state index in [9.17, 15) is 19.7 Å². The van der Waals surface area contributed by atoms with E-state index in [1.165, 1.54) is 24.3 Å². The lowest BCUT2D eigenvalue weighted by Crippen LogP contribution is -2.41. The lowest BCUT2D eigenvalue weighted by Gasteiger charge is -2.27. The highest BCUT2D eigenvalue weighted by Crippen LogP contribution is 2.28. The Morgan fingerprint density at radius 3 is 2.43 bits per heavy atom. The van der Waals surface area contributed by atoms with Crippen LogP contribution in [0.5, 0.6) is 5.75 Å². The monoisotopic (exact) mass is 490 g/mol. The van der Waals surface area contributed by atoms with E-state index < -0.39 is 35.0 Å². The number of allylic oxidation sites excluding steroid dienone is 3. The van der Waals surface area contributed by atoms with Crippen molar-refractivity contribution in [1.29, 1.82) is 0 Å². The highest BCUT2D eigenvalue weighted by molar-refractivity contribution is 5.65. The average molecular weight is 491 g/mol. The standard InChI is InChI=1S/C24H30N2O9/c1-24(2,3)35-23(28)33-20-14-25-19(13-15-5-9-17(31-4)10-6-15)21(20)34-22(27)32-18-11-7-16(8-12-18)26(29)30/h5,7-12,15,19-21,25H,6,13-14H2,1-4H3/t15?,19-,20+,21+/m1/s1. The third-order valence-electron chi connectivity index (χ3n) is 5.41. The minimum Gasteiger partial charge on any atom is -0.497 e. The number of hydrogen-bond donors (Lipinski definition) is 1. The Hall–Kier alpha value is -3.60. The number of nitro benzene ring substituents is 1. The molecular formula is C24H30N2O9. The first-order valence-corrected chi connectivity index (χ1v) is 11.2. The summed E-state index contributed by atoms with van der Waals surface area (Å²) in [4.78, 5) is 35.1. The molecule has 1 aliphatic carbocycles. The number of carbonyl (C=O) groups is 2. The van der Waals surface area contributed by atoms with Crippen LogP contribution in [0.15, 0.2) is 48.3 Å². The Morgan fingerprint density at radius 1 is 1.14 bits per heavy atom. The minimum absolute atomic E-state index is 0.0835. The minimum atomic E-state index is -1.02. The van der Waals surface area contributed by atoms with Gasteiger partial charge in [0.2, 0.25) is 0 Å². The Kier molecular flexibility index (Phi) is 8.34. The number of ether oxygens (including phenoxy) is 5. The SMILES string of the molecule is COC1=CCC(C[C@H]2NC[C@H](OC(=O)OC(C)(C)C)[C@H]2OC(=O)Oc2ccc([N+](=O)[O-])cc2)C=C1. The zero-order valence-electron chi connectivity index (χ0n) is 20.1. The van der Waals surface area contributed by atoms with Gasteiger partial charge in [-0.1, -0.05) is 6.08 Å². The van der Waals surface area contributed by atoms with Crippen molar-refractivity contribution in [2.75, 3.05) is 13.7 Å². The van der Waals surface area contributed by atoms with Gasteiger partial charge in [-0.3, -0.25) is 10.1 Å². The summed E-state index contributed by atoms with van der Waals surface area (Å²) in [6, 6.07) is 4.71. The van der Waals surface area contributed by atoms with Gasteiger partial charge < -0.3 is 29.0 Å². The van der Waals surface area contributed by atoms with Gasteiger partial charge >= 0.3 is 12.3 Å². The predicted octanol–water partition coefficient (Wildman–Crippen LogP) is 4.27. The fourth-order valence-electron chi connectivity index (χ4n) is 3.81. The number of nitro groups is 1. The Balaban J connectivity index is 1.67. The first-order chi connectivity index (χ1) is 16.5. The molecule has 1 N–H and O–H groups in total. The Morgan fingerprint density at radius 2 is 1.86 bits per heavy atom. The summed E-state index contributed by atoms with van der Waals surface area (Å²) in [5.41, 5.74) is -0.880. The van der Waals surface area contributed by atoms with Crippen LogP contribution in [0.3, 0.4) is 0 Å². The first-order valence-electron chi connectivity index (χ1n) is 11.2. The van der Waals surface area contributed by atoms with Gasteiger partial charge in [-0.05, 0) is 63.8 Å². The predicted molar refractivity (Wildman–Crippen MR) is 124 cm³/mol. The molecule has 1 aromatic rings. The van der Waals surface area contributed by atoms with E-state index in [4.69, 9.17) is 23.7 Å². The van der Waals surface area contributed by atoms with E-state index in [1.807, 2.05) is 18.2 Å². The molecule has 11 nitrogen and oxygen atoms in total. The van der Waals surface area contributed by atoms with Gasteiger partial charge in [-0.2, -0.15) is 0 Å². The quantitative estimate of drug-likeness (QED) is 0.255. The van der Waals surface area contributed by atoms with Crippen LogP contribution in [0, 0.1) is 16.0 Å². The number of nitrogens with zero attached hydrogens (tertiary/aromatic N) is 1. The summed E-state index contributed by atoms with van der Waals surface area (Å²) in [6.45, 7) is 5.42. The van der Waals surface area contributed by atoms with Crippen molar-refractivity contribution in [2.45, 2.75) is 57.5 Å². The molecule has 0 saturated carbocycles. The number of hydrogen-bond acceptors (Lipinski definition) is 10. The molecule has 190 valence electrons. The molecule has 0 amide bonds. The van der Waals surface area contributed by atoms with Crippen molar-refractivity contribution in [3.05, 3.63) is 58.4 Å². The van der Waals surface area contributed by atoms with Gasteiger partial charge in [0.25, 0.3) is 5.69 Å². The zero-order valence-corrected chi connectivity index (χ0v) is 20.1. The first kappa shape index (κ1) is 26.0. The molecule has 1 heterocycles. The summed E-state index contributed by atoms with van der Waals surface area (Å²) in [5.74, 6) is 1.02. The third-order valence-corrected chi connectivity index (χ3v) is 5.41. The molecule has 0 radical (unpaired) electrons. The molecule has 4 atom stereocenters. The van der Waals surface area contributed by atoms with Crippen molar-refractivity contribution in [2.24, 2.45) is 5.92 Å². The molecular weight excluding hydrogens is 460 g/mol. The second-order valence-electron chi connectivity index (χ2n) is 9.22. The van der Waals surface area contributed by atoms with Crippen LogP contribution in [0.2, 0.25) is 0 Å². The number of benzene rings is 1. The van der Waals surface area contributed by atoms with E-state index in [2.05, 4.69) is 5.32 Å². The van der Waals surface area contributed by atoms with E-state index in [0.29, 0.717) is 6.42 Å². The maximum absolute atomic E-state index is 12.5. The van der Waals surface area contributed by atoms with Crippen LogP contribution in [0.1, 0.15) is 33.6 Å². The second-order valence-corrected chi connectivity index (χ2v) is 9.22. The van der Waals surface area contributed by atoms with Gasteiger partial charge in [-0.15, -0.1) is 0 Å². The average Bonchev–Trinajstić information content (AvgIpc) is 3.13. The van der Waals surface area contributed by atoms with Gasteiger partial charge in [-0.25, -0.2) is 9.59 Å². The van der Waals surface area contributed by atoms with Crippen molar-refractivity contribution in [3.8, 4) is 5.75 Å². The third kappa shape index (κ3) is 7.71. The molecule has 1 aromatic carbocycles. The molecule has 2 aliphatic rings. The van der Waals surface area contributed by atoms with Crippen molar-refractivity contribution >= 4 is 18.0 Å². The fourth-order valence-corrected chi connectivity index (χ4v) is 3.81. The van der Waals surface area contributed by atoms with Crippen molar-refractivity contribution < 1.29 is 38.2 Å². The van der Waals surface area contributed by atoms with E-state index >= 15 is 0 Å². The molecule has 0 bridgehead atoms. The molecule has 0 spiro atoms. The summed E-state index contributed by atoms with van der Waals surface area (Å²) < 4.78 is 26.7. The van der Waals surface area contributed by atoms with Crippen LogP contribution >= 0.6 is 0 Å². The topological polar surface area (TPSA) is 135 Å². The Labute approximate surface area is 203 Å². The second kappa shape index (κ2) is 11.2. The van der Waals surface area contributed by atoms with Crippen molar-refractivity contribution in [1.82, 2.24) is 5.32 Å². The number of carbonyl (C=O) groups excluding carboxylic acids is 2. The highest BCUT2D eigenvalue weighted by atomic mass is 16.8. The molecule has 1 saturated heterocycles. The maximum Gasteiger partial charge on any atom is 0.514 e. The Bertz CT molecular complexity index is 982. The fraction of sp³-hybridized carbons (Fsp3) is 0.500. The maximum atomic E-state index is 12.5.